The predicted molar refractivity (Wildman–Crippen MR) is 55.8 cm³/mol. The summed E-state index contributed by atoms with van der Waals surface area (Å²) in [6, 6.07) is 1.32. The van der Waals surface area contributed by atoms with Crippen molar-refractivity contribution in [1.82, 2.24) is 9.97 Å². The number of rotatable bonds is 5. The second-order valence-corrected chi connectivity index (χ2v) is 3.08. The van der Waals surface area contributed by atoms with Crippen LogP contribution in [0.2, 0.25) is 5.15 Å². The van der Waals surface area contributed by atoms with E-state index >= 15 is 0 Å². The molecule has 0 aliphatic rings. The van der Waals surface area contributed by atoms with Gasteiger partial charge in [0.2, 0.25) is 0 Å². The highest BCUT2D eigenvalue weighted by Crippen LogP contribution is 2.12. The number of carbonyl (C=O) groups excluding carboxylic acids is 1. The van der Waals surface area contributed by atoms with Gasteiger partial charge in [-0.05, 0) is 0 Å². The molecule has 0 bridgehead atoms. The average Bonchev–Trinajstić information content (AvgIpc) is 2.27. The number of ether oxygens (including phenoxy) is 3. The number of methoxy groups -OCH3 is 2. The molecule has 0 aliphatic heterocycles. The van der Waals surface area contributed by atoms with Gasteiger partial charge >= 0.3 is 12.0 Å². The van der Waals surface area contributed by atoms with Crippen LogP contribution in [0.25, 0.3) is 0 Å². The number of halogens is 1. The third kappa shape index (κ3) is 3.63. The van der Waals surface area contributed by atoms with E-state index in [-0.39, 0.29) is 23.5 Å². The minimum atomic E-state index is -0.596. The van der Waals surface area contributed by atoms with Crippen LogP contribution in [0.4, 0.5) is 0 Å². The fraction of sp³-hybridized carbons (Fsp3) is 0.444. The highest BCUT2D eigenvalue weighted by molar-refractivity contribution is 6.29. The van der Waals surface area contributed by atoms with Crippen molar-refractivity contribution in [2.45, 2.75) is 0 Å². The maximum absolute atomic E-state index is 11.2. The quantitative estimate of drug-likeness (QED) is 0.438. The van der Waals surface area contributed by atoms with Gasteiger partial charge in [-0.3, -0.25) is 0 Å². The molecule has 0 aliphatic carbocycles. The maximum Gasteiger partial charge on any atom is 0.356 e. The molecule has 0 fully saturated rings. The first kappa shape index (κ1) is 12.7. The predicted octanol–water partition coefficient (Wildman–Crippen LogP) is 0.942. The Balaban J connectivity index is 2.77. The minimum absolute atomic E-state index is 0.0185. The number of esters is 1. The van der Waals surface area contributed by atoms with Crippen molar-refractivity contribution in [3.05, 3.63) is 16.9 Å². The molecule has 0 saturated carbocycles. The van der Waals surface area contributed by atoms with Crippen LogP contribution in [0.15, 0.2) is 6.07 Å². The summed E-state index contributed by atoms with van der Waals surface area (Å²) in [5, 5.41) is 0.114. The largest absolute Gasteiger partial charge is 0.464 e. The Hall–Kier alpha value is -1.40. The zero-order valence-electron chi connectivity index (χ0n) is 8.90. The van der Waals surface area contributed by atoms with E-state index in [0.29, 0.717) is 6.61 Å². The van der Waals surface area contributed by atoms with E-state index in [1.165, 1.54) is 13.2 Å². The van der Waals surface area contributed by atoms with E-state index in [9.17, 15) is 4.79 Å². The van der Waals surface area contributed by atoms with Crippen LogP contribution in [-0.2, 0) is 9.47 Å². The molecule has 0 N–H and O–H groups in total. The number of aromatic nitrogens is 2. The molecule has 1 aromatic heterocycles. The lowest BCUT2D eigenvalue weighted by Crippen LogP contribution is -2.10. The number of hydrogen-bond donors (Lipinski definition) is 0. The summed E-state index contributed by atoms with van der Waals surface area (Å²) < 4.78 is 14.4. The van der Waals surface area contributed by atoms with Crippen LogP contribution in [-0.4, -0.2) is 43.4 Å². The Morgan fingerprint density at radius 2 is 2.12 bits per heavy atom. The number of carbonyl (C=O) groups is 1. The van der Waals surface area contributed by atoms with Crippen LogP contribution in [0.1, 0.15) is 10.5 Å². The zero-order chi connectivity index (χ0) is 12.0. The highest BCUT2D eigenvalue weighted by Gasteiger charge is 2.11. The third-order valence-corrected chi connectivity index (χ3v) is 1.78. The van der Waals surface area contributed by atoms with Gasteiger partial charge in [0.25, 0.3) is 0 Å². The summed E-state index contributed by atoms with van der Waals surface area (Å²) in [5.74, 6) is -0.596. The summed E-state index contributed by atoms with van der Waals surface area (Å²) in [4.78, 5) is 18.8. The molecule has 1 aromatic rings. The normalized spacial score (nSPS) is 9.94. The van der Waals surface area contributed by atoms with Crippen molar-refractivity contribution in [3.8, 4) is 6.01 Å². The Bertz CT molecular complexity index is 373. The van der Waals surface area contributed by atoms with E-state index in [2.05, 4.69) is 14.7 Å². The summed E-state index contributed by atoms with van der Waals surface area (Å²) in [6.45, 7) is 0.668. The lowest BCUT2D eigenvalue weighted by atomic mass is 10.4. The van der Waals surface area contributed by atoms with Gasteiger partial charge in [-0.25, -0.2) is 4.79 Å². The van der Waals surface area contributed by atoms with Crippen molar-refractivity contribution in [2.24, 2.45) is 0 Å². The Kier molecular flexibility index (Phi) is 4.94. The van der Waals surface area contributed by atoms with Crippen LogP contribution < -0.4 is 4.74 Å². The maximum atomic E-state index is 11.2. The molecule has 0 spiro atoms. The van der Waals surface area contributed by atoms with E-state index in [1.807, 2.05) is 0 Å². The highest BCUT2D eigenvalue weighted by atomic mass is 35.5. The monoisotopic (exact) mass is 246 g/mol. The van der Waals surface area contributed by atoms with Gasteiger partial charge in [0.05, 0.1) is 13.7 Å². The molecule has 0 amide bonds. The lowest BCUT2D eigenvalue weighted by Gasteiger charge is -2.05. The molecule has 0 saturated heterocycles. The smallest absolute Gasteiger partial charge is 0.356 e. The summed E-state index contributed by atoms with van der Waals surface area (Å²) >= 11 is 5.69. The first-order chi connectivity index (χ1) is 7.67. The van der Waals surface area contributed by atoms with Crippen molar-refractivity contribution < 1.29 is 19.0 Å². The molecular weight excluding hydrogens is 236 g/mol. The van der Waals surface area contributed by atoms with E-state index in [4.69, 9.17) is 21.1 Å². The molecule has 1 heterocycles. The third-order valence-electron chi connectivity index (χ3n) is 1.59. The Morgan fingerprint density at radius 3 is 2.75 bits per heavy atom. The summed E-state index contributed by atoms with van der Waals surface area (Å²) in [5.41, 5.74) is 0.0508. The standard InChI is InChI=1S/C9H11ClN2O4/c1-14-3-4-16-9-11-6(8(13)15-2)5-7(10)12-9/h5H,3-4H2,1-2H3. The molecule has 7 heteroatoms. The second-order valence-electron chi connectivity index (χ2n) is 2.69. The Morgan fingerprint density at radius 1 is 1.38 bits per heavy atom. The fourth-order valence-corrected chi connectivity index (χ4v) is 1.06. The van der Waals surface area contributed by atoms with Crippen LogP contribution in [0, 0.1) is 0 Å². The molecule has 88 valence electrons. The average molecular weight is 247 g/mol. The van der Waals surface area contributed by atoms with Gasteiger partial charge in [0, 0.05) is 13.2 Å². The van der Waals surface area contributed by atoms with Crippen molar-refractivity contribution in [1.29, 1.82) is 0 Å². The van der Waals surface area contributed by atoms with Crippen molar-refractivity contribution >= 4 is 17.6 Å². The first-order valence-corrected chi connectivity index (χ1v) is 4.79. The molecule has 0 unspecified atom stereocenters. The van der Waals surface area contributed by atoms with Crippen LogP contribution >= 0.6 is 11.6 Å². The van der Waals surface area contributed by atoms with Gasteiger partial charge in [0.15, 0.2) is 5.69 Å². The molecule has 16 heavy (non-hydrogen) atoms. The summed E-state index contributed by atoms with van der Waals surface area (Å²) in [6.07, 6.45) is 0. The van der Waals surface area contributed by atoms with Gasteiger partial charge < -0.3 is 14.2 Å². The molecule has 6 nitrogen and oxygen atoms in total. The molecule has 1 rings (SSSR count). The van der Waals surface area contributed by atoms with E-state index in [0.717, 1.165) is 0 Å². The number of hydrogen-bond acceptors (Lipinski definition) is 6. The Labute approximate surface area is 97.5 Å². The molecular formula is C9H11ClN2O4. The van der Waals surface area contributed by atoms with Gasteiger partial charge in [-0.2, -0.15) is 9.97 Å². The molecule has 0 atom stereocenters. The second kappa shape index (κ2) is 6.24. The van der Waals surface area contributed by atoms with Crippen LogP contribution in [0.3, 0.4) is 0 Å². The SMILES string of the molecule is COCCOc1nc(Cl)cc(C(=O)OC)n1. The van der Waals surface area contributed by atoms with Gasteiger partial charge in [0.1, 0.15) is 11.8 Å². The van der Waals surface area contributed by atoms with Crippen LogP contribution in [0.5, 0.6) is 6.01 Å². The molecule has 0 aromatic carbocycles. The van der Waals surface area contributed by atoms with Crippen molar-refractivity contribution in [3.63, 3.8) is 0 Å². The fourth-order valence-electron chi connectivity index (χ4n) is 0.887. The van der Waals surface area contributed by atoms with E-state index < -0.39 is 5.97 Å². The topological polar surface area (TPSA) is 70.5 Å². The first-order valence-electron chi connectivity index (χ1n) is 4.42. The summed E-state index contributed by atoms with van der Waals surface area (Å²) in [7, 11) is 2.80. The van der Waals surface area contributed by atoms with Gasteiger partial charge in [-0.1, -0.05) is 11.6 Å². The minimum Gasteiger partial charge on any atom is -0.464 e. The zero-order valence-corrected chi connectivity index (χ0v) is 9.65. The number of nitrogens with zero attached hydrogens (tertiary/aromatic N) is 2. The van der Waals surface area contributed by atoms with Gasteiger partial charge in [-0.15, -0.1) is 0 Å². The van der Waals surface area contributed by atoms with Crippen molar-refractivity contribution in [2.75, 3.05) is 27.4 Å². The van der Waals surface area contributed by atoms with E-state index in [1.54, 1.807) is 7.11 Å². The lowest BCUT2D eigenvalue weighted by molar-refractivity contribution is 0.0591. The molecule has 0 radical (unpaired) electrons.